The van der Waals surface area contributed by atoms with E-state index in [9.17, 15) is 0 Å². The summed E-state index contributed by atoms with van der Waals surface area (Å²) in [5, 5.41) is 3.30. The fourth-order valence-electron chi connectivity index (χ4n) is 1.77. The van der Waals surface area contributed by atoms with Crippen LogP contribution in [0, 0.1) is 6.92 Å². The minimum atomic E-state index is 0.480. The van der Waals surface area contributed by atoms with Gasteiger partial charge >= 0.3 is 0 Å². The van der Waals surface area contributed by atoms with Crippen LogP contribution in [0.2, 0.25) is 0 Å². The second-order valence-corrected chi connectivity index (χ2v) is 4.33. The number of nitrogens with one attached hydrogen (secondary N) is 1. The number of nitrogens with zero attached hydrogens (tertiary/aromatic N) is 2. The minimum Gasteiger partial charge on any atom is -0.340 e. The van der Waals surface area contributed by atoms with Crippen LogP contribution in [0.1, 0.15) is 24.0 Å². The van der Waals surface area contributed by atoms with Gasteiger partial charge < -0.3 is 5.32 Å². The Morgan fingerprint density at radius 2 is 2.00 bits per heavy atom. The average Bonchev–Trinajstić information content (AvgIpc) is 2.38. The first-order valence-corrected chi connectivity index (χ1v) is 6.52. The van der Waals surface area contributed by atoms with E-state index >= 15 is 0 Å². The van der Waals surface area contributed by atoms with Crippen molar-refractivity contribution in [2.45, 2.75) is 26.1 Å². The Morgan fingerprint density at radius 3 is 2.72 bits per heavy atom. The molecule has 1 aromatic carbocycles. The molecule has 0 radical (unpaired) electrons. The zero-order valence-corrected chi connectivity index (χ0v) is 11.3. The van der Waals surface area contributed by atoms with Crippen molar-refractivity contribution in [3.63, 3.8) is 0 Å². The highest BCUT2D eigenvalue weighted by molar-refractivity contribution is 6.17. The highest BCUT2D eigenvalue weighted by Crippen LogP contribution is 2.21. The maximum absolute atomic E-state index is 5.92. The number of aromatic nitrogens is 2. The van der Waals surface area contributed by atoms with Crippen molar-refractivity contribution in [3.8, 4) is 0 Å². The Labute approximate surface area is 112 Å². The second-order valence-electron chi connectivity index (χ2n) is 4.06. The molecule has 18 heavy (non-hydrogen) atoms. The summed E-state index contributed by atoms with van der Waals surface area (Å²) in [6.07, 6.45) is 0.898. The van der Waals surface area contributed by atoms with Gasteiger partial charge in [-0.15, -0.1) is 11.6 Å². The molecule has 0 aliphatic heterocycles. The SMILES string of the molecule is CCc1cc(Nc2ccccc2CCl)nc(C)n1. The number of alkyl halides is 1. The molecule has 0 amide bonds. The van der Waals surface area contributed by atoms with Gasteiger partial charge in [-0.05, 0) is 25.0 Å². The predicted molar refractivity (Wildman–Crippen MR) is 75.4 cm³/mol. The van der Waals surface area contributed by atoms with Gasteiger partial charge in [0.2, 0.25) is 0 Å². The highest BCUT2D eigenvalue weighted by atomic mass is 35.5. The van der Waals surface area contributed by atoms with E-state index in [1.165, 1.54) is 0 Å². The zero-order valence-electron chi connectivity index (χ0n) is 10.6. The molecule has 0 saturated carbocycles. The van der Waals surface area contributed by atoms with Crippen LogP contribution in [0.3, 0.4) is 0 Å². The number of benzene rings is 1. The highest BCUT2D eigenvalue weighted by Gasteiger charge is 2.04. The van der Waals surface area contributed by atoms with E-state index in [0.717, 1.165) is 35.0 Å². The second kappa shape index (κ2) is 5.83. The van der Waals surface area contributed by atoms with Gasteiger partial charge in [0.15, 0.2) is 0 Å². The Morgan fingerprint density at radius 1 is 1.22 bits per heavy atom. The van der Waals surface area contributed by atoms with Gasteiger partial charge in [-0.1, -0.05) is 25.1 Å². The fraction of sp³-hybridized carbons (Fsp3) is 0.286. The summed E-state index contributed by atoms with van der Waals surface area (Å²) in [5.74, 6) is 2.07. The summed E-state index contributed by atoms with van der Waals surface area (Å²) in [7, 11) is 0. The van der Waals surface area contributed by atoms with Crippen LogP contribution < -0.4 is 5.32 Å². The van der Waals surface area contributed by atoms with Crippen molar-refractivity contribution >= 4 is 23.1 Å². The molecule has 1 N–H and O–H groups in total. The number of hydrogen-bond donors (Lipinski definition) is 1. The summed E-state index contributed by atoms with van der Waals surface area (Å²) >= 11 is 5.92. The molecule has 0 bridgehead atoms. The molecule has 0 aliphatic carbocycles. The van der Waals surface area contributed by atoms with Crippen molar-refractivity contribution in [2.24, 2.45) is 0 Å². The number of aryl methyl sites for hydroxylation is 2. The molecule has 1 heterocycles. The molecular weight excluding hydrogens is 246 g/mol. The van der Waals surface area contributed by atoms with E-state index in [4.69, 9.17) is 11.6 Å². The van der Waals surface area contributed by atoms with E-state index in [1.54, 1.807) is 0 Å². The predicted octanol–water partition coefficient (Wildman–Crippen LogP) is 3.83. The van der Waals surface area contributed by atoms with Gasteiger partial charge in [-0.2, -0.15) is 0 Å². The van der Waals surface area contributed by atoms with Gasteiger partial charge in [-0.25, -0.2) is 9.97 Å². The van der Waals surface area contributed by atoms with Crippen LogP contribution in [-0.4, -0.2) is 9.97 Å². The number of hydrogen-bond acceptors (Lipinski definition) is 3. The zero-order chi connectivity index (χ0) is 13.0. The molecule has 1 aromatic heterocycles. The van der Waals surface area contributed by atoms with Gasteiger partial charge in [0.05, 0.1) is 0 Å². The lowest BCUT2D eigenvalue weighted by atomic mass is 10.2. The molecule has 3 nitrogen and oxygen atoms in total. The van der Waals surface area contributed by atoms with E-state index in [2.05, 4.69) is 22.2 Å². The van der Waals surface area contributed by atoms with Crippen LogP contribution in [0.25, 0.3) is 0 Å². The van der Waals surface area contributed by atoms with Gasteiger partial charge in [-0.3, -0.25) is 0 Å². The number of para-hydroxylation sites is 1. The lowest BCUT2D eigenvalue weighted by molar-refractivity contribution is 0.952. The summed E-state index contributed by atoms with van der Waals surface area (Å²) in [4.78, 5) is 8.75. The Kier molecular flexibility index (Phi) is 4.15. The van der Waals surface area contributed by atoms with Crippen LogP contribution >= 0.6 is 11.6 Å². The first kappa shape index (κ1) is 12.8. The molecule has 2 aromatic rings. The van der Waals surface area contributed by atoms with Gasteiger partial charge in [0, 0.05) is 23.3 Å². The third-order valence-corrected chi connectivity index (χ3v) is 2.97. The van der Waals surface area contributed by atoms with Crippen molar-refractivity contribution in [1.82, 2.24) is 9.97 Å². The topological polar surface area (TPSA) is 37.8 Å². The summed E-state index contributed by atoms with van der Waals surface area (Å²) in [6.45, 7) is 3.98. The molecule has 2 rings (SSSR count). The van der Waals surface area contributed by atoms with Gasteiger partial charge in [0.25, 0.3) is 0 Å². The maximum Gasteiger partial charge on any atom is 0.134 e. The van der Waals surface area contributed by atoms with Crippen LogP contribution in [0.4, 0.5) is 11.5 Å². The molecule has 0 saturated heterocycles. The molecule has 0 aliphatic rings. The third-order valence-electron chi connectivity index (χ3n) is 2.68. The van der Waals surface area contributed by atoms with E-state index < -0.39 is 0 Å². The van der Waals surface area contributed by atoms with E-state index in [-0.39, 0.29) is 0 Å². The van der Waals surface area contributed by atoms with Crippen LogP contribution in [-0.2, 0) is 12.3 Å². The molecular formula is C14H16ClN3. The smallest absolute Gasteiger partial charge is 0.134 e. The molecule has 0 fully saturated rings. The Bertz CT molecular complexity index is 540. The lowest BCUT2D eigenvalue weighted by Crippen LogP contribution is -2.01. The quantitative estimate of drug-likeness (QED) is 0.850. The first-order valence-electron chi connectivity index (χ1n) is 5.98. The first-order chi connectivity index (χ1) is 8.72. The van der Waals surface area contributed by atoms with E-state index in [1.807, 2.05) is 37.3 Å². The van der Waals surface area contributed by atoms with Crippen LogP contribution in [0.5, 0.6) is 0 Å². The number of anilines is 2. The molecule has 0 spiro atoms. The summed E-state index contributed by atoms with van der Waals surface area (Å²) < 4.78 is 0. The third kappa shape index (κ3) is 2.99. The minimum absolute atomic E-state index is 0.480. The summed E-state index contributed by atoms with van der Waals surface area (Å²) in [5.41, 5.74) is 3.09. The standard InChI is InChI=1S/C14H16ClN3/c1-3-12-8-14(17-10(2)16-12)18-13-7-5-4-6-11(13)9-15/h4-8H,3,9H2,1-2H3,(H,16,17,18). The van der Waals surface area contributed by atoms with Crippen molar-refractivity contribution in [2.75, 3.05) is 5.32 Å². The van der Waals surface area contributed by atoms with Crippen molar-refractivity contribution in [3.05, 3.63) is 47.4 Å². The maximum atomic E-state index is 5.92. The average molecular weight is 262 g/mol. The molecule has 4 heteroatoms. The van der Waals surface area contributed by atoms with Crippen molar-refractivity contribution < 1.29 is 0 Å². The lowest BCUT2D eigenvalue weighted by Gasteiger charge is -2.10. The van der Waals surface area contributed by atoms with Crippen molar-refractivity contribution in [1.29, 1.82) is 0 Å². The largest absolute Gasteiger partial charge is 0.340 e. The van der Waals surface area contributed by atoms with Crippen LogP contribution in [0.15, 0.2) is 30.3 Å². The summed E-state index contributed by atoms with van der Waals surface area (Å²) in [6, 6.07) is 9.93. The Balaban J connectivity index is 2.30. The molecule has 0 unspecified atom stereocenters. The number of rotatable bonds is 4. The number of halogens is 1. The monoisotopic (exact) mass is 261 g/mol. The molecule has 0 atom stereocenters. The van der Waals surface area contributed by atoms with E-state index in [0.29, 0.717) is 5.88 Å². The Hall–Kier alpha value is -1.61. The fourth-order valence-corrected chi connectivity index (χ4v) is 2.00. The molecule has 94 valence electrons. The van der Waals surface area contributed by atoms with Gasteiger partial charge in [0.1, 0.15) is 11.6 Å². The normalized spacial score (nSPS) is 10.4.